The van der Waals surface area contributed by atoms with Crippen LogP contribution in [0, 0.1) is 5.41 Å². The Hall–Kier alpha value is -7.55. The van der Waals surface area contributed by atoms with E-state index in [0.717, 1.165) is 72.3 Å². The number of hydrogen-bond acceptors (Lipinski definition) is 2. The van der Waals surface area contributed by atoms with Crippen molar-refractivity contribution in [1.29, 1.82) is 0 Å². The average molecular weight is 803 g/mol. The summed E-state index contributed by atoms with van der Waals surface area (Å²) in [5.41, 5.74) is 15.1. The van der Waals surface area contributed by atoms with Gasteiger partial charge in [0.2, 0.25) is 0 Å². The lowest BCUT2D eigenvalue weighted by Crippen LogP contribution is -2.28. The number of carbonyl (C=O) groups is 1. The molecule has 62 heavy (non-hydrogen) atoms. The average Bonchev–Trinajstić information content (AvgIpc) is 3.33. The molecule has 2 heteroatoms. The number of rotatable bonds is 13. The van der Waals surface area contributed by atoms with Crippen molar-refractivity contribution in [1.82, 2.24) is 0 Å². The second-order valence-electron chi connectivity index (χ2n) is 16.2. The highest BCUT2D eigenvalue weighted by Gasteiger charge is 2.27. The van der Waals surface area contributed by atoms with Gasteiger partial charge in [-0.2, -0.15) is 0 Å². The fourth-order valence-corrected chi connectivity index (χ4v) is 7.26. The Morgan fingerprint density at radius 3 is 1.08 bits per heavy atom. The third kappa shape index (κ3) is 10.2. The predicted octanol–water partition coefficient (Wildman–Crippen LogP) is 16.2. The largest absolute Gasteiger partial charge is 0.426 e. The summed E-state index contributed by atoms with van der Waals surface area (Å²) in [5, 5.41) is 0. The minimum absolute atomic E-state index is 0.233. The first-order valence-corrected chi connectivity index (χ1v) is 21.3. The van der Waals surface area contributed by atoms with Gasteiger partial charge >= 0.3 is 5.97 Å². The molecule has 0 spiro atoms. The Morgan fingerprint density at radius 2 is 0.726 bits per heavy atom. The predicted molar refractivity (Wildman–Crippen MR) is 264 cm³/mol. The maximum atomic E-state index is 13.1. The van der Waals surface area contributed by atoms with Crippen LogP contribution in [0.2, 0.25) is 0 Å². The molecule has 0 aromatic heterocycles. The summed E-state index contributed by atoms with van der Waals surface area (Å²) in [7, 11) is 0. The van der Waals surface area contributed by atoms with Crippen molar-refractivity contribution in [3.05, 3.63) is 234 Å². The first kappa shape index (κ1) is 41.2. The number of esters is 1. The molecule has 0 atom stereocenters. The van der Waals surface area contributed by atoms with Crippen LogP contribution in [-0.2, 0) is 4.79 Å². The molecule has 8 aromatic rings. The van der Waals surface area contributed by atoms with Crippen molar-refractivity contribution in [2.45, 2.75) is 27.2 Å². The smallest absolute Gasteiger partial charge is 0.316 e. The van der Waals surface area contributed by atoms with Gasteiger partial charge in [0.1, 0.15) is 5.75 Å². The van der Waals surface area contributed by atoms with E-state index in [1.165, 1.54) is 5.56 Å². The molecule has 302 valence electrons. The molecule has 0 saturated heterocycles. The van der Waals surface area contributed by atoms with E-state index in [0.29, 0.717) is 12.2 Å². The summed E-state index contributed by atoms with van der Waals surface area (Å²) in [5.74, 6) is 0.299. The number of benzene rings is 8. The highest BCUT2D eigenvalue weighted by Crippen LogP contribution is 2.44. The topological polar surface area (TPSA) is 26.3 Å². The van der Waals surface area contributed by atoms with E-state index in [4.69, 9.17) is 4.74 Å². The van der Waals surface area contributed by atoms with Crippen LogP contribution < -0.4 is 4.74 Å². The zero-order valence-electron chi connectivity index (χ0n) is 35.5. The number of hydrogen-bond donors (Lipinski definition) is 0. The Kier molecular flexibility index (Phi) is 12.8. The second-order valence-corrected chi connectivity index (χ2v) is 16.2. The first-order chi connectivity index (χ1) is 30.3. The number of carbonyl (C=O) groups excluding carboxylic acids is 1. The highest BCUT2D eigenvalue weighted by atomic mass is 16.5. The maximum Gasteiger partial charge on any atom is 0.316 e. The molecule has 0 N–H and O–H groups in total. The highest BCUT2D eigenvalue weighted by molar-refractivity contribution is 5.98. The molecule has 8 aromatic carbocycles. The SMILES string of the molecule is CCC(C)(C)C(=O)Oc1ccc(-c2c(-c3ccc(/C=C/c4ccccc4)cc3)cc(-c3ccc(/C=C/c4ccccc4)cc3)cc2-c2ccc(/C=C/c3ccccc3)cc2)cc1. The summed E-state index contributed by atoms with van der Waals surface area (Å²) in [6, 6.07) is 70.1. The normalized spacial score (nSPS) is 11.7. The standard InChI is InChI=1S/C60H50O2/c1-4-60(2,3)59(61)62-55-40-38-53(39-41-55)58-56(51-34-28-48(29-35-51)24-21-45-16-10-6-11-17-45)42-54(50-32-26-47(27-33-50)23-20-44-14-8-5-9-15-44)43-57(58)52-36-30-49(31-37-52)25-22-46-18-12-7-13-19-46/h5-43H,4H2,1-3H3/b23-20+,24-21+,25-22+. The quantitative estimate of drug-likeness (QED) is 0.0659. The Labute approximate surface area is 366 Å². The van der Waals surface area contributed by atoms with Gasteiger partial charge in [-0.05, 0) is 122 Å². The van der Waals surface area contributed by atoms with Crippen LogP contribution in [0.1, 0.15) is 60.6 Å². The third-order valence-electron chi connectivity index (χ3n) is 11.4. The molecule has 0 saturated carbocycles. The Morgan fingerprint density at radius 1 is 0.403 bits per heavy atom. The molecule has 0 radical (unpaired) electrons. The minimum Gasteiger partial charge on any atom is -0.426 e. The van der Waals surface area contributed by atoms with Gasteiger partial charge in [0.05, 0.1) is 5.41 Å². The van der Waals surface area contributed by atoms with Gasteiger partial charge in [0.25, 0.3) is 0 Å². The van der Waals surface area contributed by atoms with Crippen molar-refractivity contribution in [2.24, 2.45) is 5.41 Å². The maximum absolute atomic E-state index is 13.1. The zero-order chi connectivity index (χ0) is 42.7. The van der Waals surface area contributed by atoms with Crippen molar-refractivity contribution in [3.63, 3.8) is 0 Å². The zero-order valence-corrected chi connectivity index (χ0v) is 35.5. The van der Waals surface area contributed by atoms with E-state index in [1.54, 1.807) is 0 Å². The Balaban J connectivity index is 1.25. The van der Waals surface area contributed by atoms with E-state index < -0.39 is 5.41 Å². The monoisotopic (exact) mass is 802 g/mol. The molecule has 2 nitrogen and oxygen atoms in total. The van der Waals surface area contributed by atoms with Gasteiger partial charge in [-0.15, -0.1) is 0 Å². The van der Waals surface area contributed by atoms with Crippen LogP contribution in [0.25, 0.3) is 81.0 Å². The molecule has 0 aliphatic carbocycles. The summed E-state index contributed by atoms with van der Waals surface area (Å²) in [4.78, 5) is 13.1. The second kappa shape index (κ2) is 19.2. The van der Waals surface area contributed by atoms with Crippen LogP contribution in [0.15, 0.2) is 200 Å². The number of ether oxygens (including phenoxy) is 1. The minimum atomic E-state index is -0.573. The van der Waals surface area contributed by atoms with E-state index in [2.05, 4.69) is 206 Å². The van der Waals surface area contributed by atoms with Crippen molar-refractivity contribution in [2.75, 3.05) is 0 Å². The first-order valence-electron chi connectivity index (χ1n) is 21.3. The van der Waals surface area contributed by atoms with Crippen LogP contribution in [0.4, 0.5) is 0 Å². The van der Waals surface area contributed by atoms with Crippen LogP contribution in [-0.4, -0.2) is 5.97 Å². The fraction of sp³-hybridized carbons (Fsp3) is 0.0833. The Bertz CT molecular complexity index is 2700. The summed E-state index contributed by atoms with van der Waals surface area (Å²) >= 11 is 0. The molecule has 0 heterocycles. The lowest BCUT2D eigenvalue weighted by atomic mass is 9.84. The van der Waals surface area contributed by atoms with E-state index in [1.807, 2.05) is 51.1 Å². The third-order valence-corrected chi connectivity index (χ3v) is 11.4. The van der Waals surface area contributed by atoms with Crippen molar-refractivity contribution >= 4 is 42.4 Å². The lowest BCUT2D eigenvalue weighted by Gasteiger charge is -2.21. The molecule has 8 rings (SSSR count). The molecule has 0 aliphatic rings. The van der Waals surface area contributed by atoms with Gasteiger partial charge in [-0.25, -0.2) is 0 Å². The van der Waals surface area contributed by atoms with Gasteiger partial charge in [0, 0.05) is 0 Å². The van der Waals surface area contributed by atoms with Crippen molar-refractivity contribution in [3.8, 4) is 50.3 Å². The van der Waals surface area contributed by atoms with E-state index in [-0.39, 0.29) is 5.97 Å². The molecule has 0 unspecified atom stereocenters. The van der Waals surface area contributed by atoms with Crippen LogP contribution in [0.5, 0.6) is 5.75 Å². The molecular weight excluding hydrogens is 753 g/mol. The summed E-state index contributed by atoms with van der Waals surface area (Å²) in [6.45, 7) is 5.85. The summed E-state index contributed by atoms with van der Waals surface area (Å²) in [6.07, 6.45) is 13.6. The van der Waals surface area contributed by atoms with Gasteiger partial charge in [-0.1, -0.05) is 219 Å². The fourth-order valence-electron chi connectivity index (χ4n) is 7.26. The van der Waals surface area contributed by atoms with Gasteiger partial charge in [0.15, 0.2) is 0 Å². The van der Waals surface area contributed by atoms with Crippen LogP contribution >= 0.6 is 0 Å². The molecule has 0 aliphatic heterocycles. The molecular formula is C60H50O2. The van der Waals surface area contributed by atoms with Gasteiger partial charge < -0.3 is 4.74 Å². The summed E-state index contributed by atoms with van der Waals surface area (Å²) < 4.78 is 5.90. The van der Waals surface area contributed by atoms with Gasteiger partial charge in [-0.3, -0.25) is 4.79 Å². The van der Waals surface area contributed by atoms with E-state index in [9.17, 15) is 4.79 Å². The lowest BCUT2D eigenvalue weighted by molar-refractivity contribution is -0.144. The molecule has 0 bridgehead atoms. The van der Waals surface area contributed by atoms with Crippen molar-refractivity contribution < 1.29 is 9.53 Å². The van der Waals surface area contributed by atoms with Crippen LogP contribution in [0.3, 0.4) is 0 Å². The molecule has 0 amide bonds. The van der Waals surface area contributed by atoms with E-state index >= 15 is 0 Å². The molecule has 0 fully saturated rings.